The summed E-state index contributed by atoms with van der Waals surface area (Å²) < 4.78 is 6.15. The lowest BCUT2D eigenvalue weighted by molar-refractivity contribution is 0.288. The Morgan fingerprint density at radius 1 is 1.73 bits per heavy atom. The largest absolute Gasteiger partial charge is 0.707 e. The van der Waals surface area contributed by atoms with Gasteiger partial charge in [0.1, 0.15) is 5.75 Å². The Balaban J connectivity index is 2.58. The average Bonchev–Trinajstić information content (AvgIpc) is 2.34. The lowest BCUT2D eigenvalue weighted by atomic mass is 10.3. The minimum atomic E-state index is -1.77. The van der Waals surface area contributed by atoms with Gasteiger partial charge in [0.15, 0.2) is 0 Å². The second kappa shape index (κ2) is 3.40. The molecule has 0 aromatic carbocycles. The Morgan fingerprint density at radius 3 is 2.91 bits per heavy atom. The van der Waals surface area contributed by atoms with Crippen LogP contribution in [0.15, 0.2) is 12.4 Å². The van der Waals surface area contributed by atoms with Crippen molar-refractivity contribution < 1.29 is 14.7 Å². The first kappa shape index (κ1) is 8.09. The van der Waals surface area contributed by atoms with Gasteiger partial charge in [0, 0.05) is 6.54 Å². The van der Waals surface area contributed by atoms with E-state index >= 15 is 0 Å². The Morgan fingerprint density at radius 2 is 2.45 bits per heavy atom. The van der Waals surface area contributed by atoms with E-state index in [1.165, 1.54) is 6.20 Å². The predicted molar refractivity (Wildman–Crippen MR) is 38.7 cm³/mol. The molecule has 0 fully saturated rings. The van der Waals surface area contributed by atoms with Crippen molar-refractivity contribution in [1.82, 2.24) is 9.78 Å². The van der Waals surface area contributed by atoms with Crippen molar-refractivity contribution in [2.45, 2.75) is 13.5 Å². The normalized spacial score (nSPS) is 9.73. The number of nitrogens with zero attached hydrogens (tertiary/aromatic N) is 2. The van der Waals surface area contributed by atoms with Gasteiger partial charge in [-0.15, -0.1) is 0 Å². The first-order valence-corrected chi connectivity index (χ1v) is 3.27. The van der Waals surface area contributed by atoms with Crippen molar-refractivity contribution in [3.05, 3.63) is 12.4 Å². The fraction of sp³-hybridized carbons (Fsp3) is 0.400. The molecule has 0 amide bonds. The van der Waals surface area contributed by atoms with Gasteiger partial charge in [0.05, 0.1) is 12.4 Å². The van der Waals surface area contributed by atoms with E-state index in [4.69, 9.17) is 10.0 Å². The first-order chi connectivity index (χ1) is 5.22. The van der Waals surface area contributed by atoms with E-state index in [1.54, 1.807) is 10.9 Å². The molecule has 0 radical (unpaired) electrons. The molecule has 1 aromatic heterocycles. The third-order valence-corrected chi connectivity index (χ3v) is 1.18. The van der Waals surface area contributed by atoms with Gasteiger partial charge < -0.3 is 14.7 Å². The molecular formula is C5H9BN2O3. The average molecular weight is 156 g/mol. The zero-order valence-corrected chi connectivity index (χ0v) is 6.14. The Bertz CT molecular complexity index is 225. The van der Waals surface area contributed by atoms with Crippen molar-refractivity contribution in [3.8, 4) is 5.75 Å². The Hall–Kier alpha value is -1.01. The third-order valence-electron chi connectivity index (χ3n) is 1.18. The van der Waals surface area contributed by atoms with Crippen molar-refractivity contribution in [3.63, 3.8) is 0 Å². The van der Waals surface area contributed by atoms with E-state index in [0.717, 1.165) is 6.54 Å². The minimum absolute atomic E-state index is 0.349. The van der Waals surface area contributed by atoms with Crippen molar-refractivity contribution in [2.75, 3.05) is 0 Å². The van der Waals surface area contributed by atoms with Crippen LogP contribution in [-0.2, 0) is 6.54 Å². The maximum atomic E-state index is 8.38. The van der Waals surface area contributed by atoms with Gasteiger partial charge in [0.25, 0.3) is 0 Å². The molecule has 0 saturated heterocycles. The van der Waals surface area contributed by atoms with Crippen LogP contribution in [0.5, 0.6) is 5.75 Å². The first-order valence-electron chi connectivity index (χ1n) is 3.27. The molecule has 0 atom stereocenters. The topological polar surface area (TPSA) is 67.5 Å². The standard InChI is InChI=1S/C5H9BN2O3/c1-2-8-4-5(3-7-8)11-6(9)10/h3-4,9-10H,2H2,1H3. The summed E-state index contributed by atoms with van der Waals surface area (Å²) in [4.78, 5) is 0. The molecule has 0 aliphatic rings. The summed E-state index contributed by atoms with van der Waals surface area (Å²) in [5, 5.41) is 20.6. The van der Waals surface area contributed by atoms with Gasteiger partial charge in [0.2, 0.25) is 0 Å². The van der Waals surface area contributed by atoms with Crippen LogP contribution in [0.3, 0.4) is 0 Å². The van der Waals surface area contributed by atoms with Crippen molar-refractivity contribution in [2.24, 2.45) is 0 Å². The van der Waals surface area contributed by atoms with Crippen LogP contribution in [0.1, 0.15) is 6.92 Å². The number of hydrogen-bond acceptors (Lipinski definition) is 4. The zero-order valence-electron chi connectivity index (χ0n) is 6.14. The van der Waals surface area contributed by atoms with E-state index in [-0.39, 0.29) is 0 Å². The smallest absolute Gasteiger partial charge is 0.509 e. The van der Waals surface area contributed by atoms with E-state index in [2.05, 4.69) is 9.75 Å². The Kier molecular flexibility index (Phi) is 2.51. The van der Waals surface area contributed by atoms with Gasteiger partial charge in [-0.3, -0.25) is 4.68 Å². The fourth-order valence-electron chi connectivity index (χ4n) is 0.700. The summed E-state index contributed by atoms with van der Waals surface area (Å²) in [5.74, 6) is 0.349. The van der Waals surface area contributed by atoms with Gasteiger partial charge in [-0.05, 0) is 6.92 Å². The molecular weight excluding hydrogens is 147 g/mol. The lowest BCUT2D eigenvalue weighted by Gasteiger charge is -1.97. The predicted octanol–water partition coefficient (Wildman–Crippen LogP) is -0.749. The number of hydrogen-bond donors (Lipinski definition) is 2. The van der Waals surface area contributed by atoms with E-state index in [0.29, 0.717) is 5.75 Å². The van der Waals surface area contributed by atoms with Gasteiger partial charge in [-0.1, -0.05) is 0 Å². The summed E-state index contributed by atoms with van der Waals surface area (Å²) in [5.41, 5.74) is 0. The van der Waals surface area contributed by atoms with Gasteiger partial charge >= 0.3 is 7.32 Å². The highest BCUT2D eigenvalue weighted by molar-refractivity contribution is 6.33. The summed E-state index contributed by atoms with van der Waals surface area (Å²) in [6.07, 6.45) is 3.00. The quantitative estimate of drug-likeness (QED) is 0.565. The number of aryl methyl sites for hydroxylation is 1. The third kappa shape index (κ3) is 2.25. The molecule has 2 N–H and O–H groups in total. The maximum absolute atomic E-state index is 8.38. The number of aromatic nitrogens is 2. The molecule has 1 rings (SSSR count). The van der Waals surface area contributed by atoms with Crippen LogP contribution in [-0.4, -0.2) is 27.1 Å². The van der Waals surface area contributed by atoms with Gasteiger partial charge in [-0.2, -0.15) is 5.10 Å². The second-order valence-electron chi connectivity index (χ2n) is 1.98. The number of rotatable bonds is 3. The van der Waals surface area contributed by atoms with Crippen LogP contribution in [0.2, 0.25) is 0 Å². The highest BCUT2D eigenvalue weighted by Crippen LogP contribution is 2.07. The molecule has 0 aliphatic heterocycles. The molecule has 6 heteroatoms. The zero-order chi connectivity index (χ0) is 8.27. The molecule has 0 aliphatic carbocycles. The van der Waals surface area contributed by atoms with Crippen LogP contribution in [0.4, 0.5) is 0 Å². The fourth-order valence-corrected chi connectivity index (χ4v) is 0.700. The van der Waals surface area contributed by atoms with Crippen LogP contribution >= 0.6 is 0 Å². The monoisotopic (exact) mass is 156 g/mol. The molecule has 1 aromatic rings. The van der Waals surface area contributed by atoms with Crippen molar-refractivity contribution in [1.29, 1.82) is 0 Å². The molecule has 5 nitrogen and oxygen atoms in total. The Labute approximate surface area is 64.4 Å². The summed E-state index contributed by atoms with van der Waals surface area (Å²) in [7, 11) is -1.77. The molecule has 0 saturated carbocycles. The molecule has 60 valence electrons. The van der Waals surface area contributed by atoms with E-state index in [1.807, 2.05) is 6.92 Å². The SMILES string of the molecule is CCn1cc(OB(O)O)cn1. The molecule has 1 heterocycles. The van der Waals surface area contributed by atoms with Crippen LogP contribution in [0.25, 0.3) is 0 Å². The highest BCUT2D eigenvalue weighted by Gasteiger charge is 2.11. The minimum Gasteiger partial charge on any atom is -0.509 e. The van der Waals surface area contributed by atoms with Gasteiger partial charge in [-0.25, -0.2) is 0 Å². The van der Waals surface area contributed by atoms with Crippen LogP contribution in [0, 0.1) is 0 Å². The second-order valence-corrected chi connectivity index (χ2v) is 1.98. The maximum Gasteiger partial charge on any atom is 0.707 e. The lowest BCUT2D eigenvalue weighted by Crippen LogP contribution is -2.20. The molecule has 0 unspecified atom stereocenters. The summed E-state index contributed by atoms with van der Waals surface area (Å²) >= 11 is 0. The van der Waals surface area contributed by atoms with E-state index in [9.17, 15) is 0 Å². The van der Waals surface area contributed by atoms with E-state index < -0.39 is 7.32 Å². The highest BCUT2D eigenvalue weighted by atomic mass is 16.6. The van der Waals surface area contributed by atoms with Crippen molar-refractivity contribution >= 4 is 7.32 Å². The summed E-state index contributed by atoms with van der Waals surface area (Å²) in [6, 6.07) is 0. The molecule has 0 bridgehead atoms. The molecule has 0 spiro atoms. The van der Waals surface area contributed by atoms with Crippen LogP contribution < -0.4 is 4.65 Å². The molecule has 11 heavy (non-hydrogen) atoms. The summed E-state index contributed by atoms with van der Waals surface area (Å²) in [6.45, 7) is 2.65.